The third-order valence-corrected chi connectivity index (χ3v) is 4.40. The van der Waals surface area contributed by atoms with Crippen LogP contribution in [0.5, 0.6) is 0 Å². The fraction of sp³-hybridized carbons (Fsp3) is 0.476. The van der Waals surface area contributed by atoms with Gasteiger partial charge in [0.25, 0.3) is 0 Å². The molecular weight excluding hydrogens is 420 g/mol. The van der Waals surface area contributed by atoms with Crippen LogP contribution in [-0.4, -0.2) is 64.5 Å². The van der Waals surface area contributed by atoms with Crippen LogP contribution in [0.2, 0.25) is 0 Å². The minimum Gasteiger partial charge on any atom is -0.481 e. The van der Waals surface area contributed by atoms with E-state index in [1.807, 2.05) is 19.2 Å². The van der Waals surface area contributed by atoms with Gasteiger partial charge in [-0.15, -0.1) is 0 Å². The molecule has 0 heterocycles. The van der Waals surface area contributed by atoms with E-state index in [1.54, 1.807) is 30.3 Å². The molecule has 0 spiro atoms. The van der Waals surface area contributed by atoms with Crippen molar-refractivity contribution in [2.75, 3.05) is 6.54 Å². The summed E-state index contributed by atoms with van der Waals surface area (Å²) in [6, 6.07) is 5.27. The fourth-order valence-corrected chi connectivity index (χ4v) is 2.89. The number of nitrogens with one attached hydrogen (secondary N) is 3. The van der Waals surface area contributed by atoms with Crippen molar-refractivity contribution >= 4 is 29.7 Å². The monoisotopic (exact) mass is 450 g/mol. The number of carboxylic acids is 2. The van der Waals surface area contributed by atoms with E-state index in [0.29, 0.717) is 6.42 Å². The molecule has 0 aliphatic heterocycles. The van der Waals surface area contributed by atoms with Crippen LogP contribution >= 0.6 is 0 Å². The van der Waals surface area contributed by atoms with Gasteiger partial charge in [-0.05, 0) is 17.9 Å². The van der Waals surface area contributed by atoms with Gasteiger partial charge in [-0.2, -0.15) is 0 Å². The summed E-state index contributed by atoms with van der Waals surface area (Å²) in [5.41, 5.74) is 6.62. The van der Waals surface area contributed by atoms with Crippen molar-refractivity contribution in [1.29, 1.82) is 0 Å². The molecule has 3 atom stereocenters. The van der Waals surface area contributed by atoms with E-state index in [2.05, 4.69) is 10.6 Å². The fourth-order valence-electron chi connectivity index (χ4n) is 2.89. The summed E-state index contributed by atoms with van der Waals surface area (Å²) >= 11 is 0. The van der Waals surface area contributed by atoms with Crippen LogP contribution in [0.4, 0.5) is 0 Å². The first-order valence-electron chi connectivity index (χ1n) is 10.1. The van der Waals surface area contributed by atoms with Crippen LogP contribution in [0.25, 0.3) is 0 Å². The lowest BCUT2D eigenvalue weighted by Crippen LogP contribution is -2.57. The molecular formula is C21H30N4O7. The summed E-state index contributed by atoms with van der Waals surface area (Å²) in [5.74, 6) is -4.87. The second-order valence-corrected chi connectivity index (χ2v) is 7.76. The standard InChI is InChI=1S/C21H30N4O7/c1-12(2)8-14(22)19(30)24-15(9-13-6-4-3-5-7-13)21(32)25-16(10-17(26)27)20(31)23-11-18(28)29/h3-7,12,14-16H,8-11,22H2,1-2H3,(H,23,31)(H,24,30)(H,25,32)(H,26,27)(H,28,29). The molecule has 176 valence electrons. The zero-order valence-electron chi connectivity index (χ0n) is 18.0. The van der Waals surface area contributed by atoms with Gasteiger partial charge in [-0.25, -0.2) is 0 Å². The van der Waals surface area contributed by atoms with Gasteiger partial charge < -0.3 is 31.9 Å². The third-order valence-electron chi connectivity index (χ3n) is 4.40. The molecule has 1 aromatic carbocycles. The van der Waals surface area contributed by atoms with Crippen molar-refractivity contribution in [2.45, 2.75) is 51.2 Å². The molecule has 0 aliphatic carbocycles. The molecule has 1 aromatic rings. The van der Waals surface area contributed by atoms with Gasteiger partial charge in [0, 0.05) is 6.42 Å². The molecule has 11 heteroatoms. The first kappa shape index (κ1) is 26.6. The number of carboxylic acid groups (broad SMARTS) is 2. The first-order chi connectivity index (χ1) is 15.0. The highest BCUT2D eigenvalue weighted by molar-refractivity contribution is 5.95. The smallest absolute Gasteiger partial charge is 0.322 e. The SMILES string of the molecule is CC(C)CC(N)C(=O)NC(Cc1ccccc1)C(=O)NC(CC(=O)O)C(=O)NCC(=O)O. The van der Waals surface area contributed by atoms with Gasteiger partial charge >= 0.3 is 11.9 Å². The topological polar surface area (TPSA) is 188 Å². The van der Waals surface area contributed by atoms with Crippen molar-refractivity contribution in [3.63, 3.8) is 0 Å². The van der Waals surface area contributed by atoms with Crippen LogP contribution in [0.1, 0.15) is 32.3 Å². The number of carbonyl (C=O) groups excluding carboxylic acids is 3. The number of hydrogen-bond acceptors (Lipinski definition) is 6. The summed E-state index contributed by atoms with van der Waals surface area (Å²) < 4.78 is 0. The molecule has 0 bridgehead atoms. The van der Waals surface area contributed by atoms with Crippen molar-refractivity contribution in [3.8, 4) is 0 Å². The van der Waals surface area contributed by atoms with E-state index in [1.165, 1.54) is 0 Å². The highest BCUT2D eigenvalue weighted by Crippen LogP contribution is 2.07. The lowest BCUT2D eigenvalue weighted by atomic mass is 10.0. The number of carbonyl (C=O) groups is 5. The van der Waals surface area contributed by atoms with Crippen molar-refractivity contribution in [2.24, 2.45) is 11.7 Å². The Hall–Kier alpha value is -3.47. The van der Waals surface area contributed by atoms with Gasteiger partial charge in [0.15, 0.2) is 0 Å². The quantitative estimate of drug-likeness (QED) is 0.226. The van der Waals surface area contributed by atoms with Gasteiger partial charge in [0.2, 0.25) is 17.7 Å². The normalized spacial score (nSPS) is 13.5. The average molecular weight is 450 g/mol. The summed E-state index contributed by atoms with van der Waals surface area (Å²) in [7, 11) is 0. The molecule has 1 rings (SSSR count). The molecule has 0 aliphatic rings. The second-order valence-electron chi connectivity index (χ2n) is 7.76. The van der Waals surface area contributed by atoms with Gasteiger partial charge in [-0.3, -0.25) is 24.0 Å². The van der Waals surface area contributed by atoms with Gasteiger partial charge in [0.1, 0.15) is 18.6 Å². The Morgan fingerprint density at radius 2 is 1.47 bits per heavy atom. The Balaban J connectivity index is 3.01. The van der Waals surface area contributed by atoms with Gasteiger partial charge in [0.05, 0.1) is 12.5 Å². The Morgan fingerprint density at radius 1 is 0.875 bits per heavy atom. The lowest BCUT2D eigenvalue weighted by Gasteiger charge is -2.24. The van der Waals surface area contributed by atoms with E-state index >= 15 is 0 Å². The van der Waals surface area contributed by atoms with Crippen molar-refractivity contribution in [3.05, 3.63) is 35.9 Å². The van der Waals surface area contributed by atoms with Crippen LogP contribution in [0.3, 0.4) is 0 Å². The Morgan fingerprint density at radius 3 is 2.00 bits per heavy atom. The predicted molar refractivity (Wildman–Crippen MR) is 114 cm³/mol. The molecule has 0 radical (unpaired) electrons. The highest BCUT2D eigenvalue weighted by Gasteiger charge is 2.30. The lowest BCUT2D eigenvalue weighted by molar-refractivity contribution is -0.141. The van der Waals surface area contributed by atoms with Crippen molar-refractivity contribution < 1.29 is 34.2 Å². The number of aliphatic carboxylic acids is 2. The maximum atomic E-state index is 12.9. The molecule has 32 heavy (non-hydrogen) atoms. The molecule has 11 nitrogen and oxygen atoms in total. The van der Waals surface area contributed by atoms with E-state index in [-0.39, 0.29) is 12.3 Å². The zero-order chi connectivity index (χ0) is 24.3. The minimum absolute atomic E-state index is 0.0728. The first-order valence-corrected chi connectivity index (χ1v) is 10.1. The van der Waals surface area contributed by atoms with Gasteiger partial charge in [-0.1, -0.05) is 44.2 Å². The molecule has 0 saturated carbocycles. The van der Waals surface area contributed by atoms with E-state index in [4.69, 9.17) is 15.9 Å². The largest absolute Gasteiger partial charge is 0.481 e. The Kier molecular flexibility index (Phi) is 10.8. The summed E-state index contributed by atoms with van der Waals surface area (Å²) in [5, 5.41) is 24.7. The predicted octanol–water partition coefficient (Wildman–Crippen LogP) is -0.752. The molecule has 7 N–H and O–H groups in total. The number of rotatable bonds is 13. The maximum absolute atomic E-state index is 12.9. The van der Waals surface area contributed by atoms with Crippen LogP contribution < -0.4 is 21.7 Å². The van der Waals surface area contributed by atoms with E-state index in [9.17, 15) is 24.0 Å². The number of benzene rings is 1. The maximum Gasteiger partial charge on any atom is 0.322 e. The van der Waals surface area contributed by atoms with Crippen LogP contribution in [0.15, 0.2) is 30.3 Å². The Bertz CT molecular complexity index is 814. The van der Waals surface area contributed by atoms with Crippen LogP contribution in [-0.2, 0) is 30.4 Å². The van der Waals surface area contributed by atoms with E-state index in [0.717, 1.165) is 5.56 Å². The zero-order valence-corrected chi connectivity index (χ0v) is 18.0. The molecule has 0 aromatic heterocycles. The summed E-state index contributed by atoms with van der Waals surface area (Å²) in [4.78, 5) is 59.4. The van der Waals surface area contributed by atoms with E-state index < -0.39 is 60.8 Å². The highest BCUT2D eigenvalue weighted by atomic mass is 16.4. The van der Waals surface area contributed by atoms with Crippen molar-refractivity contribution in [1.82, 2.24) is 16.0 Å². The molecule has 0 fully saturated rings. The average Bonchev–Trinajstić information content (AvgIpc) is 2.70. The molecule has 3 unspecified atom stereocenters. The third kappa shape index (κ3) is 10.0. The molecule has 0 saturated heterocycles. The number of amides is 3. The molecule has 3 amide bonds. The number of nitrogens with two attached hydrogens (primary N) is 1. The summed E-state index contributed by atoms with van der Waals surface area (Å²) in [6.07, 6.45) is -0.301. The Labute approximate surface area is 185 Å². The second kappa shape index (κ2) is 13.1. The minimum atomic E-state index is -1.53. The van der Waals surface area contributed by atoms with Crippen LogP contribution in [0, 0.1) is 5.92 Å². The number of hydrogen-bond donors (Lipinski definition) is 6. The summed E-state index contributed by atoms with van der Waals surface area (Å²) in [6.45, 7) is 3.06.